The molecule has 0 amide bonds. The van der Waals surface area contributed by atoms with Crippen molar-refractivity contribution < 1.29 is 38.4 Å². The molecule has 4 fully saturated rings. The van der Waals surface area contributed by atoms with Gasteiger partial charge in [-0.05, 0) is 74.7 Å². The number of ether oxygens (including phenoxy) is 4. The van der Waals surface area contributed by atoms with Gasteiger partial charge in [0.05, 0.1) is 37.1 Å². The third kappa shape index (κ3) is 7.32. The Hall–Kier alpha value is -2.13. The van der Waals surface area contributed by atoms with Gasteiger partial charge in [-0.1, -0.05) is 58.4 Å². The molecule has 0 bridgehead atoms. The second-order valence-electron chi connectivity index (χ2n) is 13.0. The summed E-state index contributed by atoms with van der Waals surface area (Å²) in [5.74, 6) is -3.59. The van der Waals surface area contributed by atoms with Crippen LogP contribution in [0.3, 0.4) is 0 Å². The van der Waals surface area contributed by atoms with Crippen LogP contribution in [0, 0.1) is 35.5 Å². The Balaban J connectivity index is 1.43. The molecular weight excluding hydrogens is 536 g/mol. The van der Waals surface area contributed by atoms with Crippen molar-refractivity contribution >= 4 is 17.5 Å². The van der Waals surface area contributed by atoms with E-state index in [2.05, 4.69) is 38.7 Å². The summed E-state index contributed by atoms with van der Waals surface area (Å²) in [5, 5.41) is 10.5. The predicted molar refractivity (Wildman–Crippen MR) is 158 cm³/mol. The summed E-state index contributed by atoms with van der Waals surface area (Å²) in [6.45, 7) is 11.5. The second kappa shape index (κ2) is 14.6. The van der Waals surface area contributed by atoms with Crippen LogP contribution in [0.1, 0.15) is 79.1 Å². The Morgan fingerprint density at radius 2 is 1.83 bits per heavy atom. The van der Waals surface area contributed by atoms with Gasteiger partial charge >= 0.3 is 5.97 Å². The van der Waals surface area contributed by atoms with E-state index < -0.39 is 29.4 Å². The number of rotatable bonds is 11. The largest absolute Gasteiger partial charge is 0.422 e. The van der Waals surface area contributed by atoms with Gasteiger partial charge in [0.2, 0.25) is 5.78 Å². The van der Waals surface area contributed by atoms with Crippen molar-refractivity contribution in [3.8, 4) is 0 Å². The average molecular weight is 587 g/mol. The van der Waals surface area contributed by atoms with Gasteiger partial charge in [0.1, 0.15) is 0 Å². The van der Waals surface area contributed by atoms with Crippen LogP contribution in [0.5, 0.6) is 0 Å². The molecule has 42 heavy (non-hydrogen) atoms. The maximum atomic E-state index is 13.4. The molecule has 4 aliphatic rings. The van der Waals surface area contributed by atoms with Crippen LogP contribution in [0.4, 0.5) is 0 Å². The number of ketones is 2. The lowest BCUT2D eigenvalue weighted by Crippen LogP contribution is -2.40. The topological polar surface area (TPSA) is 108 Å². The Bertz CT molecular complexity index is 1060. The van der Waals surface area contributed by atoms with E-state index in [9.17, 15) is 19.5 Å². The Morgan fingerprint density at radius 3 is 2.50 bits per heavy atom. The van der Waals surface area contributed by atoms with Crippen molar-refractivity contribution in [2.45, 2.75) is 110 Å². The molecule has 8 nitrogen and oxygen atoms in total. The van der Waals surface area contributed by atoms with E-state index in [1.807, 2.05) is 13.8 Å². The van der Waals surface area contributed by atoms with E-state index in [0.29, 0.717) is 0 Å². The van der Waals surface area contributed by atoms with Crippen LogP contribution in [-0.2, 0) is 33.3 Å². The van der Waals surface area contributed by atoms with Gasteiger partial charge in [-0.2, -0.15) is 0 Å². The van der Waals surface area contributed by atoms with Crippen molar-refractivity contribution in [3.05, 3.63) is 36.1 Å². The first kappa shape index (κ1) is 32.8. The zero-order chi connectivity index (χ0) is 30.6. The van der Waals surface area contributed by atoms with Gasteiger partial charge in [-0.25, -0.2) is 0 Å². The van der Waals surface area contributed by atoms with E-state index in [1.54, 1.807) is 7.11 Å². The molecular formula is C34H50O8. The van der Waals surface area contributed by atoms with Gasteiger partial charge in [0, 0.05) is 13.0 Å². The zero-order valence-corrected chi connectivity index (χ0v) is 26.0. The van der Waals surface area contributed by atoms with Crippen molar-refractivity contribution in [1.82, 2.24) is 0 Å². The molecule has 1 N–H and O–H groups in total. The summed E-state index contributed by atoms with van der Waals surface area (Å²) in [7, 11) is 1.72. The Labute approximate surface area is 250 Å². The van der Waals surface area contributed by atoms with Crippen LogP contribution < -0.4 is 0 Å². The minimum atomic E-state index is -1.42. The number of aliphatic hydroxyl groups excluding tert-OH is 1. The van der Waals surface area contributed by atoms with Crippen molar-refractivity contribution in [1.29, 1.82) is 0 Å². The van der Waals surface area contributed by atoms with Crippen LogP contribution in [0.15, 0.2) is 36.1 Å². The Kier molecular flexibility index (Phi) is 11.4. The molecule has 0 aromatic rings. The van der Waals surface area contributed by atoms with Gasteiger partial charge in [0.15, 0.2) is 17.5 Å². The number of methoxy groups -OCH3 is 1. The molecule has 234 valence electrons. The number of Topliss-reactive ketones (excluding diaryl/α,β-unsaturated/α-hetero) is 2. The van der Waals surface area contributed by atoms with Crippen LogP contribution in [0.25, 0.3) is 0 Å². The normalized spacial score (nSPS) is 37.7. The summed E-state index contributed by atoms with van der Waals surface area (Å²) in [4.78, 5) is 38.2. The highest BCUT2D eigenvalue weighted by Gasteiger charge is 2.48. The number of aliphatic hydroxyl groups is 1. The van der Waals surface area contributed by atoms with Gasteiger partial charge in [0.25, 0.3) is 0 Å². The van der Waals surface area contributed by atoms with Crippen LogP contribution in [0.2, 0.25) is 0 Å². The molecule has 3 aliphatic heterocycles. The number of hydrogen-bond acceptors (Lipinski definition) is 8. The minimum Gasteiger partial charge on any atom is -0.422 e. The molecule has 3 saturated heterocycles. The minimum absolute atomic E-state index is 0.0271. The summed E-state index contributed by atoms with van der Waals surface area (Å²) < 4.78 is 23.0. The molecule has 1 saturated carbocycles. The predicted octanol–water partition coefficient (Wildman–Crippen LogP) is 5.13. The second-order valence-corrected chi connectivity index (χ2v) is 13.0. The van der Waals surface area contributed by atoms with E-state index in [4.69, 9.17) is 18.9 Å². The number of esters is 1. The lowest BCUT2D eigenvalue weighted by molar-refractivity contribution is -0.146. The summed E-state index contributed by atoms with van der Waals surface area (Å²) in [5.41, 5.74) is 0.851. The number of allylic oxidation sites excluding steroid dienone is 2. The highest BCUT2D eigenvalue weighted by Crippen LogP contribution is 2.43. The SMILES string of the molecule is C=C1OC(=O)C(C(=O)C(C)C2C(C)CCCC2C=C(CO)C2OC(C=CCC3CCC(C(C)OC)O3)CCC2C)C1=O. The molecule has 0 aromatic carbocycles. The fourth-order valence-electron chi connectivity index (χ4n) is 7.60. The summed E-state index contributed by atoms with van der Waals surface area (Å²) >= 11 is 0. The summed E-state index contributed by atoms with van der Waals surface area (Å²) in [6.07, 6.45) is 14.3. The molecule has 1 aliphatic carbocycles. The first-order valence-corrected chi connectivity index (χ1v) is 15.9. The molecule has 11 unspecified atom stereocenters. The van der Waals surface area contributed by atoms with Gasteiger partial charge in [-0.3, -0.25) is 14.4 Å². The standard InChI is InChI=1S/C34H50O8/c1-19-9-7-10-24(29(19)21(3)31(36)30-32(37)23(5)40-34(30)38)17-25(18-35)33-20(2)13-14-27(42-33)12-8-11-26-15-16-28(41-26)22(4)39-6/h8,12,17,19-22,24,26-30,33,35H,5,7,9-11,13-16,18H2,1-4,6H3. The first-order valence-electron chi connectivity index (χ1n) is 15.9. The van der Waals surface area contributed by atoms with E-state index in [0.717, 1.165) is 56.9 Å². The monoisotopic (exact) mass is 586 g/mol. The highest BCUT2D eigenvalue weighted by molar-refractivity contribution is 6.26. The third-order valence-electron chi connectivity index (χ3n) is 10.2. The van der Waals surface area contributed by atoms with Gasteiger partial charge in [-0.15, -0.1) is 0 Å². The quantitative estimate of drug-likeness (QED) is 0.154. The number of hydrogen-bond donors (Lipinski definition) is 1. The van der Waals surface area contributed by atoms with Gasteiger partial charge < -0.3 is 24.1 Å². The molecule has 4 rings (SSSR count). The number of cyclic esters (lactones) is 1. The molecule has 3 heterocycles. The highest BCUT2D eigenvalue weighted by atomic mass is 16.6. The molecule has 0 radical (unpaired) electrons. The first-order chi connectivity index (χ1) is 20.0. The van der Waals surface area contributed by atoms with E-state index >= 15 is 0 Å². The van der Waals surface area contributed by atoms with Crippen LogP contribution >= 0.6 is 0 Å². The zero-order valence-electron chi connectivity index (χ0n) is 26.0. The van der Waals surface area contributed by atoms with Crippen molar-refractivity contribution in [2.24, 2.45) is 35.5 Å². The molecule has 0 aromatic heterocycles. The lowest BCUT2D eigenvalue weighted by Gasteiger charge is -2.40. The Morgan fingerprint density at radius 1 is 1.07 bits per heavy atom. The van der Waals surface area contributed by atoms with Crippen molar-refractivity contribution in [3.63, 3.8) is 0 Å². The summed E-state index contributed by atoms with van der Waals surface area (Å²) in [6, 6.07) is 0. The maximum absolute atomic E-state index is 13.4. The van der Waals surface area contributed by atoms with E-state index in [-0.39, 0.29) is 66.6 Å². The fraction of sp³-hybridized carbons (Fsp3) is 0.735. The molecule has 8 heteroatoms. The van der Waals surface area contributed by atoms with Crippen molar-refractivity contribution in [2.75, 3.05) is 13.7 Å². The van der Waals surface area contributed by atoms with Crippen LogP contribution in [-0.4, -0.2) is 66.9 Å². The number of carbonyl (C=O) groups excluding carboxylic acids is 3. The molecule has 0 spiro atoms. The smallest absolute Gasteiger partial charge is 0.330 e. The molecule has 11 atom stereocenters. The third-order valence-corrected chi connectivity index (χ3v) is 10.2. The number of carbonyl (C=O) groups is 3. The lowest BCUT2D eigenvalue weighted by atomic mass is 9.64. The van der Waals surface area contributed by atoms with E-state index in [1.165, 1.54) is 0 Å². The fourth-order valence-corrected chi connectivity index (χ4v) is 7.60. The average Bonchev–Trinajstić information content (AvgIpc) is 3.54. The maximum Gasteiger partial charge on any atom is 0.330 e.